The van der Waals surface area contributed by atoms with Crippen molar-refractivity contribution in [2.24, 2.45) is 5.73 Å². The highest BCUT2D eigenvalue weighted by Gasteiger charge is 2.26. The molecule has 6 heteroatoms. The molecule has 1 aliphatic carbocycles. The number of carbonyl (C=O) groups excluding carboxylic acids is 2. The predicted molar refractivity (Wildman–Crippen MR) is 83.7 cm³/mol. The average molecular weight is 301 g/mol. The van der Waals surface area contributed by atoms with Gasteiger partial charge >= 0.3 is 0 Å². The van der Waals surface area contributed by atoms with Crippen LogP contribution < -0.4 is 16.8 Å². The first-order valence-corrected chi connectivity index (χ1v) is 7.49. The molecular weight excluding hydrogens is 286 g/mol. The van der Waals surface area contributed by atoms with Gasteiger partial charge in [-0.25, -0.2) is 0 Å². The van der Waals surface area contributed by atoms with E-state index in [0.29, 0.717) is 21.8 Å². The number of para-hydroxylation sites is 1. The summed E-state index contributed by atoms with van der Waals surface area (Å²) in [4.78, 5) is 25.1. The largest absolute Gasteiger partial charge is 0.398 e. The Balaban J connectivity index is 1.94. The molecule has 0 saturated carbocycles. The third kappa shape index (κ3) is 2.38. The first-order valence-electron chi connectivity index (χ1n) is 6.68. The number of rotatable bonds is 3. The van der Waals surface area contributed by atoms with Gasteiger partial charge in [0.25, 0.3) is 11.8 Å². The zero-order chi connectivity index (χ0) is 15.0. The van der Waals surface area contributed by atoms with E-state index in [-0.39, 0.29) is 5.91 Å². The molecule has 2 amide bonds. The van der Waals surface area contributed by atoms with Gasteiger partial charge in [-0.1, -0.05) is 12.1 Å². The van der Waals surface area contributed by atoms with E-state index in [1.807, 2.05) is 0 Å². The van der Waals surface area contributed by atoms with Gasteiger partial charge in [-0.15, -0.1) is 11.3 Å². The molecule has 0 radical (unpaired) electrons. The molecule has 0 spiro atoms. The van der Waals surface area contributed by atoms with Crippen LogP contribution in [0.25, 0.3) is 0 Å². The van der Waals surface area contributed by atoms with E-state index in [9.17, 15) is 9.59 Å². The lowest BCUT2D eigenvalue weighted by molar-refractivity contribution is 0.100. The number of nitrogens with two attached hydrogens (primary N) is 2. The highest BCUT2D eigenvalue weighted by Crippen LogP contribution is 2.39. The lowest BCUT2D eigenvalue weighted by Crippen LogP contribution is -2.18. The molecule has 3 rings (SSSR count). The zero-order valence-corrected chi connectivity index (χ0v) is 12.1. The molecular formula is C15H15N3O2S. The minimum absolute atomic E-state index is 0.324. The quantitative estimate of drug-likeness (QED) is 0.758. The summed E-state index contributed by atoms with van der Waals surface area (Å²) in [6, 6.07) is 6.82. The summed E-state index contributed by atoms with van der Waals surface area (Å²) in [6.45, 7) is 0. The van der Waals surface area contributed by atoms with Crippen molar-refractivity contribution in [2.75, 3.05) is 11.1 Å². The molecule has 0 fully saturated rings. The van der Waals surface area contributed by atoms with Crippen molar-refractivity contribution in [3.63, 3.8) is 0 Å². The molecule has 1 aromatic heterocycles. The number of hydrogen-bond acceptors (Lipinski definition) is 4. The Kier molecular flexibility index (Phi) is 3.39. The van der Waals surface area contributed by atoms with Crippen molar-refractivity contribution in [3.8, 4) is 0 Å². The summed E-state index contributed by atoms with van der Waals surface area (Å²) in [7, 11) is 0. The number of amides is 2. The number of aryl methyl sites for hydroxylation is 1. The summed E-state index contributed by atoms with van der Waals surface area (Å²) >= 11 is 1.43. The van der Waals surface area contributed by atoms with Crippen LogP contribution >= 0.6 is 11.3 Å². The van der Waals surface area contributed by atoms with Crippen LogP contribution in [-0.2, 0) is 12.8 Å². The van der Waals surface area contributed by atoms with Crippen LogP contribution in [0.1, 0.15) is 37.6 Å². The summed E-state index contributed by atoms with van der Waals surface area (Å²) < 4.78 is 0. The Labute approximate surface area is 126 Å². The molecule has 0 bridgehead atoms. The molecule has 0 aliphatic heterocycles. The van der Waals surface area contributed by atoms with Gasteiger partial charge in [0.2, 0.25) is 0 Å². The molecule has 21 heavy (non-hydrogen) atoms. The number of primary amides is 1. The van der Waals surface area contributed by atoms with Crippen molar-refractivity contribution in [1.82, 2.24) is 0 Å². The minimum atomic E-state index is -0.495. The maximum atomic E-state index is 12.3. The maximum Gasteiger partial charge on any atom is 0.258 e. The van der Waals surface area contributed by atoms with Crippen LogP contribution in [0, 0.1) is 0 Å². The van der Waals surface area contributed by atoms with Crippen LogP contribution in [0.4, 0.5) is 10.7 Å². The van der Waals surface area contributed by atoms with Crippen LogP contribution in [0.3, 0.4) is 0 Å². The van der Waals surface area contributed by atoms with Crippen molar-refractivity contribution < 1.29 is 9.59 Å². The number of fused-ring (bicyclic) bond motifs is 1. The fourth-order valence-electron chi connectivity index (χ4n) is 2.63. The first-order chi connectivity index (χ1) is 10.1. The molecule has 5 N–H and O–H groups in total. The predicted octanol–water partition coefficient (Wildman–Crippen LogP) is 2.17. The highest BCUT2D eigenvalue weighted by molar-refractivity contribution is 7.17. The van der Waals surface area contributed by atoms with Gasteiger partial charge in [0.1, 0.15) is 5.00 Å². The fourth-order valence-corrected chi connectivity index (χ4v) is 3.92. The molecule has 5 nitrogen and oxygen atoms in total. The number of carbonyl (C=O) groups is 2. The molecule has 1 aromatic carbocycles. The maximum absolute atomic E-state index is 12.3. The number of benzene rings is 1. The van der Waals surface area contributed by atoms with E-state index in [2.05, 4.69) is 5.32 Å². The average Bonchev–Trinajstić information content (AvgIpc) is 2.98. The van der Waals surface area contributed by atoms with Crippen LogP contribution in [-0.4, -0.2) is 11.8 Å². The standard InChI is InChI=1S/C15H15N3O2S/c16-10-6-2-1-4-8(10)14(20)18-15-12(13(17)19)9-5-3-7-11(9)21-15/h1-2,4,6H,3,5,7,16H2,(H2,17,19)(H,18,20). The van der Waals surface area contributed by atoms with Crippen molar-refractivity contribution in [2.45, 2.75) is 19.3 Å². The van der Waals surface area contributed by atoms with E-state index in [4.69, 9.17) is 11.5 Å². The van der Waals surface area contributed by atoms with E-state index in [0.717, 1.165) is 29.7 Å². The summed E-state index contributed by atoms with van der Waals surface area (Å²) in [5.41, 5.74) is 13.5. The Morgan fingerprint density at radius 3 is 2.67 bits per heavy atom. The smallest absolute Gasteiger partial charge is 0.258 e. The SMILES string of the molecule is NC(=O)c1c(NC(=O)c2ccccc2N)sc2c1CCC2. The lowest BCUT2D eigenvalue weighted by atomic mass is 10.1. The summed E-state index contributed by atoms with van der Waals surface area (Å²) in [5, 5.41) is 3.31. The number of hydrogen-bond donors (Lipinski definition) is 3. The number of thiophene rings is 1. The van der Waals surface area contributed by atoms with Gasteiger partial charge in [-0.05, 0) is 37.0 Å². The molecule has 108 valence electrons. The van der Waals surface area contributed by atoms with Gasteiger partial charge in [0, 0.05) is 10.6 Å². The van der Waals surface area contributed by atoms with Crippen molar-refractivity contribution in [1.29, 1.82) is 0 Å². The van der Waals surface area contributed by atoms with Gasteiger partial charge < -0.3 is 16.8 Å². The number of nitrogen functional groups attached to an aromatic ring is 1. The van der Waals surface area contributed by atoms with Crippen LogP contribution in [0.15, 0.2) is 24.3 Å². The molecule has 2 aromatic rings. The third-order valence-corrected chi connectivity index (χ3v) is 4.81. The van der Waals surface area contributed by atoms with E-state index >= 15 is 0 Å². The molecule has 1 aliphatic rings. The molecule has 0 saturated heterocycles. The van der Waals surface area contributed by atoms with E-state index in [1.165, 1.54) is 11.3 Å². The molecule has 1 heterocycles. The Bertz CT molecular complexity index is 737. The minimum Gasteiger partial charge on any atom is -0.398 e. The first kappa shape index (κ1) is 13.6. The Morgan fingerprint density at radius 2 is 1.95 bits per heavy atom. The zero-order valence-electron chi connectivity index (χ0n) is 11.3. The topological polar surface area (TPSA) is 98.2 Å². The normalized spacial score (nSPS) is 13.0. The molecule has 0 atom stereocenters. The van der Waals surface area contributed by atoms with E-state index in [1.54, 1.807) is 24.3 Å². The fraction of sp³-hybridized carbons (Fsp3) is 0.200. The van der Waals surface area contributed by atoms with Crippen LogP contribution in [0.2, 0.25) is 0 Å². The second kappa shape index (κ2) is 5.21. The highest BCUT2D eigenvalue weighted by atomic mass is 32.1. The monoisotopic (exact) mass is 301 g/mol. The van der Waals surface area contributed by atoms with Gasteiger partial charge in [0.15, 0.2) is 0 Å². The number of nitrogens with one attached hydrogen (secondary N) is 1. The Morgan fingerprint density at radius 1 is 1.19 bits per heavy atom. The van der Waals surface area contributed by atoms with Gasteiger partial charge in [-0.2, -0.15) is 0 Å². The van der Waals surface area contributed by atoms with Crippen molar-refractivity contribution >= 4 is 33.8 Å². The lowest BCUT2D eigenvalue weighted by Gasteiger charge is -2.07. The third-order valence-electron chi connectivity index (χ3n) is 3.60. The number of anilines is 2. The second-order valence-electron chi connectivity index (χ2n) is 4.97. The summed E-state index contributed by atoms with van der Waals surface area (Å²) in [6.07, 6.45) is 2.80. The van der Waals surface area contributed by atoms with Crippen molar-refractivity contribution in [3.05, 3.63) is 45.8 Å². The van der Waals surface area contributed by atoms with E-state index < -0.39 is 5.91 Å². The second-order valence-corrected chi connectivity index (χ2v) is 6.07. The molecule has 0 unspecified atom stereocenters. The summed E-state index contributed by atoms with van der Waals surface area (Å²) in [5.74, 6) is -0.818. The Hall–Kier alpha value is -2.34. The van der Waals surface area contributed by atoms with Gasteiger partial charge in [-0.3, -0.25) is 9.59 Å². The van der Waals surface area contributed by atoms with Gasteiger partial charge in [0.05, 0.1) is 11.1 Å². The van der Waals surface area contributed by atoms with Crippen LogP contribution in [0.5, 0.6) is 0 Å².